The van der Waals surface area contributed by atoms with E-state index in [2.05, 4.69) is 0 Å². The molecule has 9 heteroatoms. The van der Waals surface area contributed by atoms with Crippen molar-refractivity contribution >= 4 is 27.6 Å². The molecule has 0 bridgehead atoms. The summed E-state index contributed by atoms with van der Waals surface area (Å²) in [6, 6.07) is 18.6. The molecule has 0 spiro atoms. The number of nitrogens with zero attached hydrogens (tertiary/aromatic N) is 1. The van der Waals surface area contributed by atoms with Crippen molar-refractivity contribution in [2.24, 2.45) is 0 Å². The van der Waals surface area contributed by atoms with Crippen LogP contribution in [0.25, 0.3) is 11.3 Å². The minimum atomic E-state index is -3.41. The van der Waals surface area contributed by atoms with Gasteiger partial charge < -0.3 is 19.1 Å². The van der Waals surface area contributed by atoms with E-state index in [1.807, 2.05) is 36.6 Å². The van der Waals surface area contributed by atoms with Gasteiger partial charge in [0.25, 0.3) is 0 Å². The quantitative estimate of drug-likeness (QED) is 0.366. The van der Waals surface area contributed by atoms with E-state index in [1.54, 1.807) is 53.6 Å². The van der Waals surface area contributed by atoms with Crippen molar-refractivity contribution in [1.29, 1.82) is 0 Å². The van der Waals surface area contributed by atoms with E-state index < -0.39 is 21.9 Å². The van der Waals surface area contributed by atoms with Crippen LogP contribution in [0.4, 0.5) is 0 Å². The average molecular weight is 504 g/mol. The zero-order chi connectivity index (χ0) is 24.7. The fraction of sp³-hybridized carbons (Fsp3) is 0.320. The molecule has 0 aliphatic rings. The standard InChI is InChI=1S/C25H29NO6S2/c1-4-31-23(25(27)28)17-18-5-9-20(10-6-18)32-16-15-26-22(13-14-24(26)34(3,29)30)19-7-11-21(33-2)12-8-19/h5-14,23H,4,15-17H2,1-3H3,(H,27,28)/t23-/m0/s1. The molecule has 182 valence electrons. The largest absolute Gasteiger partial charge is 0.492 e. The maximum Gasteiger partial charge on any atom is 0.333 e. The summed E-state index contributed by atoms with van der Waals surface area (Å²) in [4.78, 5) is 12.4. The molecule has 1 heterocycles. The highest BCUT2D eigenvalue weighted by atomic mass is 32.2. The molecule has 3 rings (SSSR count). The van der Waals surface area contributed by atoms with Gasteiger partial charge in [0.1, 0.15) is 17.4 Å². The lowest BCUT2D eigenvalue weighted by atomic mass is 10.1. The number of thioether (sulfide) groups is 1. The summed E-state index contributed by atoms with van der Waals surface area (Å²) < 4.78 is 37.6. The molecule has 0 aliphatic carbocycles. The Bertz CT molecular complexity index is 1200. The molecule has 0 saturated heterocycles. The number of hydrogen-bond donors (Lipinski definition) is 1. The monoisotopic (exact) mass is 503 g/mol. The van der Waals surface area contributed by atoms with Crippen LogP contribution in [0.3, 0.4) is 0 Å². The first-order valence-corrected chi connectivity index (χ1v) is 13.9. The van der Waals surface area contributed by atoms with E-state index in [0.717, 1.165) is 21.7 Å². The fourth-order valence-electron chi connectivity index (χ4n) is 3.63. The molecule has 0 aliphatic heterocycles. The first-order chi connectivity index (χ1) is 16.2. The van der Waals surface area contributed by atoms with Gasteiger partial charge in [0.2, 0.25) is 0 Å². The second-order valence-corrected chi connectivity index (χ2v) is 10.5. The molecule has 0 fully saturated rings. The van der Waals surface area contributed by atoms with Gasteiger partial charge >= 0.3 is 5.97 Å². The zero-order valence-corrected chi connectivity index (χ0v) is 21.1. The van der Waals surface area contributed by atoms with Crippen LogP contribution in [0.15, 0.2) is 70.6 Å². The van der Waals surface area contributed by atoms with Crippen molar-refractivity contribution in [3.63, 3.8) is 0 Å². The summed E-state index contributed by atoms with van der Waals surface area (Å²) in [6.07, 6.45) is 2.59. The summed E-state index contributed by atoms with van der Waals surface area (Å²) in [5.74, 6) is -0.375. The highest BCUT2D eigenvalue weighted by molar-refractivity contribution is 7.98. The predicted molar refractivity (Wildman–Crippen MR) is 133 cm³/mol. The zero-order valence-electron chi connectivity index (χ0n) is 19.4. The third kappa shape index (κ3) is 6.65. The molecule has 0 unspecified atom stereocenters. The molecule has 1 atom stereocenters. The number of benzene rings is 2. The number of ether oxygens (including phenoxy) is 2. The summed E-state index contributed by atoms with van der Waals surface area (Å²) >= 11 is 1.65. The van der Waals surface area contributed by atoms with Gasteiger partial charge in [-0.05, 0) is 60.7 Å². The minimum Gasteiger partial charge on any atom is -0.492 e. The molecule has 1 aromatic heterocycles. The van der Waals surface area contributed by atoms with E-state index in [1.165, 1.54) is 6.26 Å². The third-order valence-corrected chi connectivity index (χ3v) is 7.14. The Labute approximate surface area is 204 Å². The SMILES string of the molecule is CCO[C@@H](Cc1ccc(OCCn2c(-c3ccc(SC)cc3)ccc2S(C)(=O)=O)cc1)C(=O)O. The molecule has 0 saturated carbocycles. The number of hydrogen-bond acceptors (Lipinski definition) is 6. The lowest BCUT2D eigenvalue weighted by Gasteiger charge is -2.15. The molecule has 34 heavy (non-hydrogen) atoms. The third-order valence-electron chi connectivity index (χ3n) is 5.28. The van der Waals surface area contributed by atoms with Crippen LogP contribution in [0.5, 0.6) is 5.75 Å². The number of sulfone groups is 1. The normalized spacial score (nSPS) is 12.4. The summed E-state index contributed by atoms with van der Waals surface area (Å²) in [6.45, 7) is 2.71. The Morgan fingerprint density at radius 2 is 1.74 bits per heavy atom. The van der Waals surface area contributed by atoms with Crippen molar-refractivity contribution in [1.82, 2.24) is 4.57 Å². The van der Waals surface area contributed by atoms with Crippen molar-refractivity contribution in [2.45, 2.75) is 35.9 Å². The van der Waals surface area contributed by atoms with Crippen LogP contribution in [0, 0.1) is 0 Å². The van der Waals surface area contributed by atoms with E-state index in [4.69, 9.17) is 9.47 Å². The molecular weight excluding hydrogens is 474 g/mol. The van der Waals surface area contributed by atoms with E-state index in [-0.39, 0.29) is 18.1 Å². The van der Waals surface area contributed by atoms with Crippen LogP contribution in [-0.2, 0) is 32.3 Å². The summed E-state index contributed by atoms with van der Waals surface area (Å²) in [5, 5.41) is 9.48. The molecule has 3 aromatic rings. The lowest BCUT2D eigenvalue weighted by molar-refractivity contribution is -0.149. The van der Waals surface area contributed by atoms with Gasteiger partial charge in [0.05, 0.1) is 6.54 Å². The second-order valence-electron chi connectivity index (χ2n) is 7.69. The number of carboxylic acid groups (broad SMARTS) is 1. The first kappa shape index (κ1) is 25.9. The van der Waals surface area contributed by atoms with Gasteiger partial charge in [-0.3, -0.25) is 0 Å². The van der Waals surface area contributed by atoms with E-state index >= 15 is 0 Å². The Kier molecular flexibility index (Phi) is 8.82. The predicted octanol–water partition coefficient (Wildman–Crippen LogP) is 4.39. The number of carbonyl (C=O) groups is 1. The Balaban J connectivity index is 1.71. The second kappa shape index (κ2) is 11.6. The minimum absolute atomic E-state index is 0.242. The molecule has 1 N–H and O–H groups in total. The molecule has 7 nitrogen and oxygen atoms in total. The van der Waals surface area contributed by atoms with Gasteiger partial charge in [0, 0.05) is 29.9 Å². The Morgan fingerprint density at radius 1 is 1.06 bits per heavy atom. The Hall–Kier alpha value is -2.75. The van der Waals surface area contributed by atoms with Crippen molar-refractivity contribution in [3.8, 4) is 17.0 Å². The van der Waals surface area contributed by atoms with Crippen LogP contribution >= 0.6 is 11.8 Å². The van der Waals surface area contributed by atoms with E-state index in [9.17, 15) is 18.3 Å². The van der Waals surface area contributed by atoms with Crippen LogP contribution in [0.1, 0.15) is 12.5 Å². The molecule has 2 aromatic carbocycles. The van der Waals surface area contributed by atoms with Crippen molar-refractivity contribution in [2.75, 3.05) is 25.7 Å². The van der Waals surface area contributed by atoms with Gasteiger partial charge in [-0.2, -0.15) is 0 Å². The maximum atomic E-state index is 12.3. The summed E-state index contributed by atoms with van der Waals surface area (Å²) in [5.41, 5.74) is 2.57. The highest BCUT2D eigenvalue weighted by Crippen LogP contribution is 2.27. The number of aliphatic carboxylic acids is 1. The van der Waals surface area contributed by atoms with Gasteiger partial charge in [-0.15, -0.1) is 11.8 Å². The van der Waals surface area contributed by atoms with Gasteiger partial charge in [0.15, 0.2) is 15.9 Å². The van der Waals surface area contributed by atoms with Gasteiger partial charge in [-0.1, -0.05) is 24.3 Å². The number of rotatable bonds is 12. The first-order valence-electron chi connectivity index (χ1n) is 10.8. The van der Waals surface area contributed by atoms with Crippen LogP contribution < -0.4 is 4.74 Å². The van der Waals surface area contributed by atoms with Crippen molar-refractivity contribution in [3.05, 3.63) is 66.2 Å². The van der Waals surface area contributed by atoms with Gasteiger partial charge in [-0.25, -0.2) is 13.2 Å². The number of aromatic nitrogens is 1. The van der Waals surface area contributed by atoms with E-state index in [0.29, 0.717) is 18.9 Å². The smallest absolute Gasteiger partial charge is 0.333 e. The topological polar surface area (TPSA) is 94.8 Å². The lowest BCUT2D eigenvalue weighted by Crippen LogP contribution is -2.26. The van der Waals surface area contributed by atoms with Crippen molar-refractivity contribution < 1.29 is 27.8 Å². The molecule has 0 radical (unpaired) electrons. The maximum absolute atomic E-state index is 12.3. The van der Waals surface area contributed by atoms with Crippen LogP contribution in [-0.4, -0.2) is 55.9 Å². The Morgan fingerprint density at radius 3 is 2.29 bits per heavy atom. The molecular formula is C25H29NO6S2. The molecule has 0 amide bonds. The average Bonchev–Trinajstić information content (AvgIpc) is 3.24. The number of carboxylic acids is 1. The fourth-order valence-corrected chi connectivity index (χ4v) is 4.94. The summed E-state index contributed by atoms with van der Waals surface area (Å²) in [7, 11) is -3.41. The highest BCUT2D eigenvalue weighted by Gasteiger charge is 2.19. The van der Waals surface area contributed by atoms with Crippen LogP contribution in [0.2, 0.25) is 0 Å².